The Morgan fingerprint density at radius 2 is 2.18 bits per heavy atom. The van der Waals surface area contributed by atoms with Crippen LogP contribution in [-0.2, 0) is 6.54 Å². The maximum atomic E-state index is 5.97. The van der Waals surface area contributed by atoms with Crippen molar-refractivity contribution in [2.75, 3.05) is 19.6 Å². The Bertz CT molecular complexity index is 383. The molecule has 3 rings (SSSR count). The van der Waals surface area contributed by atoms with E-state index in [1.165, 1.54) is 12.2 Å². The molecule has 1 aromatic heterocycles. The summed E-state index contributed by atoms with van der Waals surface area (Å²) in [7, 11) is 0. The van der Waals surface area contributed by atoms with Gasteiger partial charge in [-0.2, -0.15) is 0 Å². The van der Waals surface area contributed by atoms with E-state index in [1.807, 2.05) is 0 Å². The minimum Gasteiger partial charge on any atom is -0.464 e. The van der Waals surface area contributed by atoms with Crippen molar-refractivity contribution in [1.82, 2.24) is 10.2 Å². The zero-order valence-electron chi connectivity index (χ0n) is 10.8. The molecule has 0 spiro atoms. The van der Waals surface area contributed by atoms with Gasteiger partial charge in [-0.05, 0) is 31.0 Å². The van der Waals surface area contributed by atoms with Crippen molar-refractivity contribution in [3.05, 3.63) is 23.7 Å². The number of likely N-dealkylation sites (N-methyl/N-ethyl adjacent to an activating group) is 1. The quantitative estimate of drug-likeness (QED) is 0.846. The highest BCUT2D eigenvalue weighted by atomic mass is 16.3. The van der Waals surface area contributed by atoms with Gasteiger partial charge in [0.2, 0.25) is 0 Å². The summed E-state index contributed by atoms with van der Waals surface area (Å²) in [6, 6.07) is 5.04. The lowest BCUT2D eigenvalue weighted by Gasteiger charge is -2.37. The standard InChI is InChI=1S/C14H22N2O/c1-3-16(11-7-15-8-11)9-12-4-5-14(17-12)13-6-10(13)2/h4-5,10-11,13,15H,3,6-9H2,1-2H3. The fourth-order valence-corrected chi connectivity index (χ4v) is 2.63. The molecule has 3 nitrogen and oxygen atoms in total. The molecule has 1 saturated heterocycles. The molecule has 94 valence electrons. The topological polar surface area (TPSA) is 28.4 Å². The summed E-state index contributed by atoms with van der Waals surface area (Å²) in [6.45, 7) is 8.84. The number of hydrogen-bond donors (Lipinski definition) is 1. The zero-order chi connectivity index (χ0) is 11.8. The van der Waals surface area contributed by atoms with Crippen LogP contribution in [0.4, 0.5) is 0 Å². The second-order valence-corrected chi connectivity index (χ2v) is 5.50. The molecule has 0 radical (unpaired) electrons. The average molecular weight is 234 g/mol. The van der Waals surface area contributed by atoms with Crippen LogP contribution >= 0.6 is 0 Å². The van der Waals surface area contributed by atoms with E-state index in [4.69, 9.17) is 4.42 Å². The van der Waals surface area contributed by atoms with Crippen LogP contribution in [-0.4, -0.2) is 30.6 Å². The molecule has 0 bridgehead atoms. The lowest BCUT2D eigenvalue weighted by atomic mass is 10.1. The van der Waals surface area contributed by atoms with Gasteiger partial charge < -0.3 is 9.73 Å². The van der Waals surface area contributed by atoms with Crippen LogP contribution < -0.4 is 5.32 Å². The monoisotopic (exact) mass is 234 g/mol. The summed E-state index contributed by atoms with van der Waals surface area (Å²) in [6.07, 6.45) is 1.30. The van der Waals surface area contributed by atoms with Gasteiger partial charge in [0, 0.05) is 25.0 Å². The van der Waals surface area contributed by atoms with E-state index in [2.05, 4.69) is 36.2 Å². The second-order valence-electron chi connectivity index (χ2n) is 5.50. The molecule has 2 aliphatic rings. The summed E-state index contributed by atoms with van der Waals surface area (Å²) in [5.74, 6) is 3.86. The summed E-state index contributed by atoms with van der Waals surface area (Å²) in [5.41, 5.74) is 0. The van der Waals surface area contributed by atoms with Crippen molar-refractivity contribution in [2.24, 2.45) is 5.92 Å². The van der Waals surface area contributed by atoms with Crippen molar-refractivity contribution >= 4 is 0 Å². The van der Waals surface area contributed by atoms with E-state index in [0.29, 0.717) is 12.0 Å². The average Bonchev–Trinajstić information content (AvgIpc) is 2.80. The summed E-state index contributed by atoms with van der Waals surface area (Å²) in [5, 5.41) is 3.33. The Morgan fingerprint density at radius 1 is 1.41 bits per heavy atom. The Hall–Kier alpha value is -0.800. The maximum absolute atomic E-state index is 5.97. The SMILES string of the molecule is CCN(Cc1ccc(C2CC2C)o1)C1CNC1. The van der Waals surface area contributed by atoms with Crippen LogP contribution in [0.3, 0.4) is 0 Å². The molecule has 1 saturated carbocycles. The molecular formula is C14H22N2O. The Morgan fingerprint density at radius 3 is 2.71 bits per heavy atom. The third-order valence-electron chi connectivity index (χ3n) is 4.20. The molecule has 17 heavy (non-hydrogen) atoms. The molecule has 0 amide bonds. The number of hydrogen-bond acceptors (Lipinski definition) is 3. The minimum atomic E-state index is 0.698. The van der Waals surface area contributed by atoms with Gasteiger partial charge in [-0.25, -0.2) is 0 Å². The molecule has 1 aliphatic heterocycles. The van der Waals surface area contributed by atoms with Gasteiger partial charge in [-0.1, -0.05) is 13.8 Å². The number of nitrogens with one attached hydrogen (secondary N) is 1. The Balaban J connectivity index is 1.61. The molecular weight excluding hydrogens is 212 g/mol. The Kier molecular flexibility index (Phi) is 2.97. The molecule has 2 unspecified atom stereocenters. The van der Waals surface area contributed by atoms with E-state index in [0.717, 1.165) is 37.9 Å². The first-order valence-electron chi connectivity index (χ1n) is 6.81. The lowest BCUT2D eigenvalue weighted by Crippen LogP contribution is -2.56. The molecule has 2 heterocycles. The summed E-state index contributed by atoms with van der Waals surface area (Å²) >= 11 is 0. The number of nitrogens with zero attached hydrogens (tertiary/aromatic N) is 1. The predicted molar refractivity (Wildman–Crippen MR) is 68.0 cm³/mol. The van der Waals surface area contributed by atoms with Crippen LogP contribution in [0, 0.1) is 5.92 Å². The number of rotatable bonds is 5. The molecule has 1 N–H and O–H groups in total. The minimum absolute atomic E-state index is 0.698. The smallest absolute Gasteiger partial charge is 0.118 e. The first-order chi connectivity index (χ1) is 8.28. The van der Waals surface area contributed by atoms with Gasteiger partial charge in [0.15, 0.2) is 0 Å². The van der Waals surface area contributed by atoms with Crippen molar-refractivity contribution in [3.63, 3.8) is 0 Å². The fourth-order valence-electron chi connectivity index (χ4n) is 2.63. The van der Waals surface area contributed by atoms with E-state index >= 15 is 0 Å². The molecule has 2 fully saturated rings. The lowest BCUT2D eigenvalue weighted by molar-refractivity contribution is 0.135. The summed E-state index contributed by atoms with van der Waals surface area (Å²) < 4.78 is 5.97. The predicted octanol–water partition coefficient (Wildman–Crippen LogP) is 2.20. The van der Waals surface area contributed by atoms with Crippen molar-refractivity contribution < 1.29 is 4.42 Å². The zero-order valence-corrected chi connectivity index (χ0v) is 10.8. The van der Waals surface area contributed by atoms with Gasteiger partial charge in [-0.15, -0.1) is 0 Å². The van der Waals surface area contributed by atoms with Crippen LogP contribution in [0.5, 0.6) is 0 Å². The summed E-state index contributed by atoms with van der Waals surface area (Å²) in [4.78, 5) is 2.50. The van der Waals surface area contributed by atoms with Crippen molar-refractivity contribution in [1.29, 1.82) is 0 Å². The third-order valence-corrected chi connectivity index (χ3v) is 4.20. The molecule has 0 aromatic carbocycles. The van der Waals surface area contributed by atoms with Crippen molar-refractivity contribution in [3.8, 4) is 0 Å². The normalized spacial score (nSPS) is 28.4. The van der Waals surface area contributed by atoms with E-state index in [-0.39, 0.29) is 0 Å². The Labute approximate surface area is 103 Å². The van der Waals surface area contributed by atoms with Gasteiger partial charge >= 0.3 is 0 Å². The van der Waals surface area contributed by atoms with Gasteiger partial charge in [0.05, 0.1) is 6.54 Å². The highest BCUT2D eigenvalue weighted by Crippen LogP contribution is 2.47. The van der Waals surface area contributed by atoms with E-state index in [1.54, 1.807) is 0 Å². The molecule has 3 heteroatoms. The van der Waals surface area contributed by atoms with Crippen LogP contribution in [0.25, 0.3) is 0 Å². The van der Waals surface area contributed by atoms with E-state index in [9.17, 15) is 0 Å². The van der Waals surface area contributed by atoms with Gasteiger partial charge in [0.25, 0.3) is 0 Å². The highest BCUT2D eigenvalue weighted by molar-refractivity contribution is 5.17. The van der Waals surface area contributed by atoms with Gasteiger partial charge in [-0.3, -0.25) is 4.90 Å². The van der Waals surface area contributed by atoms with Crippen LogP contribution in [0.2, 0.25) is 0 Å². The highest BCUT2D eigenvalue weighted by Gasteiger charge is 2.36. The maximum Gasteiger partial charge on any atom is 0.118 e. The van der Waals surface area contributed by atoms with Crippen molar-refractivity contribution in [2.45, 2.75) is 38.8 Å². The van der Waals surface area contributed by atoms with E-state index < -0.39 is 0 Å². The third kappa shape index (κ3) is 2.26. The van der Waals surface area contributed by atoms with Crippen LogP contribution in [0.1, 0.15) is 37.7 Å². The molecule has 1 aliphatic carbocycles. The first kappa shape index (κ1) is 11.3. The number of furan rings is 1. The van der Waals surface area contributed by atoms with Crippen LogP contribution in [0.15, 0.2) is 16.5 Å². The molecule has 1 aromatic rings. The van der Waals surface area contributed by atoms with Gasteiger partial charge in [0.1, 0.15) is 11.5 Å². The molecule has 2 atom stereocenters. The largest absolute Gasteiger partial charge is 0.464 e. The first-order valence-corrected chi connectivity index (χ1v) is 6.81. The fraction of sp³-hybridized carbons (Fsp3) is 0.714. The second kappa shape index (κ2) is 4.46.